The van der Waals surface area contributed by atoms with E-state index in [9.17, 15) is 4.57 Å². The third kappa shape index (κ3) is 3.93. The van der Waals surface area contributed by atoms with Crippen molar-refractivity contribution in [3.05, 3.63) is 0 Å². The van der Waals surface area contributed by atoms with Crippen LogP contribution in [0.5, 0.6) is 0 Å². The van der Waals surface area contributed by atoms with Gasteiger partial charge in [0.05, 0.1) is 5.37 Å². The molecular weight excluding hydrogens is 317 g/mol. The molecule has 4 nitrogen and oxygen atoms in total. The lowest BCUT2D eigenvalue weighted by Gasteiger charge is -2.48. The van der Waals surface area contributed by atoms with Crippen LogP contribution in [-0.2, 0) is 13.6 Å². The molecule has 0 bridgehead atoms. The second-order valence-electron chi connectivity index (χ2n) is 6.58. The molecule has 1 aliphatic heterocycles. The maximum Gasteiger partial charge on any atom is 0.347 e. The van der Waals surface area contributed by atoms with Gasteiger partial charge in [-0.05, 0) is 11.8 Å². The molecule has 0 spiro atoms. The largest absolute Gasteiger partial charge is 0.347 e. The van der Waals surface area contributed by atoms with Crippen LogP contribution in [0, 0.1) is 10.8 Å². The molecule has 1 heterocycles. The van der Waals surface area contributed by atoms with Crippen molar-refractivity contribution in [2.24, 2.45) is 10.8 Å². The Morgan fingerprint density at radius 3 is 2.40 bits per heavy atom. The predicted molar refractivity (Wildman–Crippen MR) is 87.7 cm³/mol. The first kappa shape index (κ1) is 18.8. The number of hydrogen-bond acceptors (Lipinski definition) is 5. The van der Waals surface area contributed by atoms with Crippen molar-refractivity contribution in [1.29, 1.82) is 0 Å². The van der Waals surface area contributed by atoms with Gasteiger partial charge in [0.25, 0.3) is 0 Å². The maximum atomic E-state index is 12.8. The highest BCUT2D eigenvalue weighted by molar-refractivity contribution is 8.00. The van der Waals surface area contributed by atoms with Gasteiger partial charge in [-0.25, -0.2) is 0 Å². The van der Waals surface area contributed by atoms with Crippen molar-refractivity contribution in [3.8, 4) is 0 Å². The molecule has 120 valence electrons. The molecule has 0 saturated carbocycles. The van der Waals surface area contributed by atoms with E-state index in [0.717, 1.165) is 12.2 Å². The van der Waals surface area contributed by atoms with Crippen molar-refractivity contribution in [3.63, 3.8) is 0 Å². The Morgan fingerprint density at radius 1 is 1.40 bits per heavy atom. The maximum absolute atomic E-state index is 12.8. The normalized spacial score (nSPS) is 27.6. The van der Waals surface area contributed by atoms with Gasteiger partial charge in [-0.1, -0.05) is 27.7 Å². The fraction of sp³-hybridized carbons (Fsp3) is 1.00. The fourth-order valence-electron chi connectivity index (χ4n) is 2.42. The van der Waals surface area contributed by atoms with Crippen molar-refractivity contribution >= 4 is 31.0 Å². The zero-order valence-corrected chi connectivity index (χ0v) is 15.7. The zero-order chi connectivity index (χ0) is 15.6. The third-order valence-electron chi connectivity index (χ3n) is 3.95. The molecule has 0 radical (unpaired) electrons. The first-order valence-electron chi connectivity index (χ1n) is 6.78. The molecule has 1 fully saturated rings. The molecule has 2 atom stereocenters. The molecule has 0 amide bonds. The summed E-state index contributed by atoms with van der Waals surface area (Å²) in [5.74, 6) is 1.20. The van der Waals surface area contributed by atoms with E-state index < -0.39 is 7.60 Å². The molecule has 7 heteroatoms. The summed E-state index contributed by atoms with van der Waals surface area (Å²) in [6.45, 7) is 8.54. The Bertz CT molecular complexity index is 371. The van der Waals surface area contributed by atoms with Crippen LogP contribution in [0.15, 0.2) is 0 Å². The van der Waals surface area contributed by atoms with Gasteiger partial charge in [0.2, 0.25) is 0 Å². The molecule has 0 unspecified atom stereocenters. The molecule has 1 aliphatic rings. The van der Waals surface area contributed by atoms with E-state index in [-0.39, 0.29) is 22.0 Å². The molecule has 0 aromatic rings. The highest BCUT2D eigenvalue weighted by Crippen LogP contribution is 2.59. The summed E-state index contributed by atoms with van der Waals surface area (Å²) in [4.78, 5) is 0. The Morgan fingerprint density at radius 2 is 1.95 bits per heavy atom. The summed E-state index contributed by atoms with van der Waals surface area (Å²) < 4.78 is 23.2. The van der Waals surface area contributed by atoms with Gasteiger partial charge in [-0.15, -0.1) is 23.4 Å². The third-order valence-corrected chi connectivity index (χ3v) is 8.65. The lowest BCUT2D eigenvalue weighted by molar-refractivity contribution is 0.191. The van der Waals surface area contributed by atoms with E-state index in [1.807, 2.05) is 11.8 Å². The molecule has 20 heavy (non-hydrogen) atoms. The summed E-state index contributed by atoms with van der Waals surface area (Å²) in [6, 6.07) is 0. The zero-order valence-electron chi connectivity index (χ0n) is 13.2. The van der Waals surface area contributed by atoms with Crippen molar-refractivity contribution in [2.75, 3.05) is 25.9 Å². The lowest BCUT2D eigenvalue weighted by Crippen LogP contribution is -2.56. The summed E-state index contributed by atoms with van der Waals surface area (Å²) in [7, 11) is -0.267. The number of hydrogen-bond donors (Lipinski definition) is 1. The van der Waals surface area contributed by atoms with E-state index in [4.69, 9.17) is 20.6 Å². The number of alkyl halides is 1. The van der Waals surface area contributed by atoms with E-state index in [0.29, 0.717) is 5.88 Å². The lowest BCUT2D eigenvalue weighted by atomic mass is 9.88. The monoisotopic (exact) mass is 343 g/mol. The van der Waals surface area contributed by atoms with E-state index in [1.54, 1.807) is 0 Å². The van der Waals surface area contributed by atoms with Crippen LogP contribution >= 0.6 is 31.0 Å². The van der Waals surface area contributed by atoms with Gasteiger partial charge < -0.3 is 9.05 Å². The number of nitrogens with one attached hydrogen (secondary N) is 1. The van der Waals surface area contributed by atoms with Crippen molar-refractivity contribution in [1.82, 2.24) is 5.32 Å². The Hall–Kier alpha value is 0.750. The number of rotatable bonds is 6. The quantitative estimate of drug-likeness (QED) is 0.580. The predicted octanol–water partition coefficient (Wildman–Crippen LogP) is 4.14. The minimum atomic E-state index is -3.16. The van der Waals surface area contributed by atoms with E-state index >= 15 is 0 Å². The summed E-state index contributed by atoms with van der Waals surface area (Å²) in [5.41, 5.74) is -0.146. The molecule has 0 aromatic heterocycles. The van der Waals surface area contributed by atoms with Crippen LogP contribution in [0.2, 0.25) is 0 Å². The van der Waals surface area contributed by atoms with E-state index in [1.165, 1.54) is 14.2 Å². The first-order valence-corrected chi connectivity index (χ1v) is 9.97. The van der Waals surface area contributed by atoms with Gasteiger partial charge in [0, 0.05) is 31.3 Å². The number of thioether (sulfide) groups is 1. The highest BCUT2D eigenvalue weighted by Gasteiger charge is 2.50. The minimum absolute atomic E-state index is 0.0213. The number of halogens is 1. The Kier molecular flexibility index (Phi) is 6.47. The van der Waals surface area contributed by atoms with Crippen LogP contribution in [0.1, 0.15) is 34.1 Å². The average molecular weight is 344 g/mol. The first-order chi connectivity index (χ1) is 9.13. The van der Waals surface area contributed by atoms with Gasteiger partial charge >= 0.3 is 7.60 Å². The van der Waals surface area contributed by atoms with Crippen LogP contribution in [-0.4, -0.2) is 37.0 Å². The summed E-state index contributed by atoms with van der Waals surface area (Å²) in [5, 5.41) is 3.68. The Labute approximate surface area is 132 Å². The Balaban J connectivity index is 3.00. The molecule has 0 aromatic carbocycles. The highest BCUT2D eigenvalue weighted by atomic mass is 35.5. The summed E-state index contributed by atoms with van der Waals surface area (Å²) >= 11 is 7.76. The molecule has 0 aliphatic carbocycles. The van der Waals surface area contributed by atoms with Crippen molar-refractivity contribution in [2.45, 2.75) is 45.3 Å². The van der Waals surface area contributed by atoms with E-state index in [2.05, 4.69) is 33.0 Å². The second kappa shape index (κ2) is 6.89. The van der Waals surface area contributed by atoms with Gasteiger partial charge in [-0.2, -0.15) is 0 Å². The van der Waals surface area contributed by atoms with Crippen LogP contribution in [0.3, 0.4) is 0 Å². The smallest absolute Gasteiger partial charge is 0.311 e. The topological polar surface area (TPSA) is 47.6 Å². The minimum Gasteiger partial charge on any atom is -0.311 e. The standard InChI is InChI=1S/C13H27ClNO3PS/c1-12(2,7-8-14)11-15-10(13(3,4)9-20-11)19(16,17-5)18-6/h10-11,15H,7-9H2,1-6H3/t10-,11+/m1/s1. The van der Waals surface area contributed by atoms with Crippen LogP contribution in [0.4, 0.5) is 0 Å². The van der Waals surface area contributed by atoms with Gasteiger partial charge in [0.15, 0.2) is 0 Å². The summed E-state index contributed by atoms with van der Waals surface area (Å²) in [6.07, 6.45) is 0.899. The van der Waals surface area contributed by atoms with Gasteiger partial charge in [0.1, 0.15) is 5.78 Å². The van der Waals surface area contributed by atoms with Gasteiger partial charge in [-0.3, -0.25) is 9.88 Å². The average Bonchev–Trinajstić information content (AvgIpc) is 2.37. The van der Waals surface area contributed by atoms with Crippen LogP contribution in [0.25, 0.3) is 0 Å². The molecular formula is C13H27ClNO3PS. The molecule has 1 saturated heterocycles. The second-order valence-corrected chi connectivity index (χ2v) is 10.4. The molecule has 1 N–H and O–H groups in total. The molecule has 1 rings (SSSR count). The fourth-order valence-corrected chi connectivity index (χ4v) is 6.55. The van der Waals surface area contributed by atoms with Crippen molar-refractivity contribution < 1.29 is 13.6 Å². The SMILES string of the molecule is COP(=O)(OC)[C@H]1N[C@H](C(C)(C)CCCl)SCC1(C)C. The van der Waals surface area contributed by atoms with Crippen LogP contribution < -0.4 is 5.32 Å².